The molecule has 0 amide bonds. The van der Waals surface area contributed by atoms with Crippen LogP contribution in [0.4, 0.5) is 5.69 Å². The lowest BCUT2D eigenvalue weighted by molar-refractivity contribution is -0.385. The first-order valence-corrected chi connectivity index (χ1v) is 11.1. The van der Waals surface area contributed by atoms with Crippen LogP contribution in [-0.4, -0.2) is 44.5 Å². The van der Waals surface area contributed by atoms with E-state index in [9.17, 15) is 18.5 Å². The third-order valence-electron chi connectivity index (χ3n) is 5.30. The minimum absolute atomic E-state index is 0.0740. The quantitative estimate of drug-likeness (QED) is 0.525. The molecule has 1 saturated heterocycles. The van der Waals surface area contributed by atoms with Crippen LogP contribution in [0.1, 0.15) is 30.9 Å². The first-order chi connectivity index (χ1) is 14.4. The van der Waals surface area contributed by atoms with Gasteiger partial charge in [0.2, 0.25) is 10.0 Å². The van der Waals surface area contributed by atoms with Crippen molar-refractivity contribution in [1.29, 1.82) is 0 Å². The zero-order chi connectivity index (χ0) is 21.3. The maximum Gasteiger partial charge on any atom is 0.271 e. The molecule has 2 aromatic rings. The molecule has 10 heteroatoms. The molecule has 0 aliphatic carbocycles. The Kier molecular flexibility index (Phi) is 5.52. The standard InChI is InChI=1S/C20H22N2O7S/c1-27-18-8-6-15(22(23)24)13-20(18)30(25,26)21-9-2-4-16(21)14-5-7-17-19(12-14)29-11-3-10-28-17/h5-8,12-13,16H,2-4,9-11H2,1H3. The van der Waals surface area contributed by atoms with Crippen molar-refractivity contribution in [1.82, 2.24) is 4.31 Å². The van der Waals surface area contributed by atoms with Gasteiger partial charge in [-0.2, -0.15) is 4.31 Å². The normalized spacial score (nSPS) is 19.3. The van der Waals surface area contributed by atoms with Crippen molar-refractivity contribution >= 4 is 15.7 Å². The fourth-order valence-electron chi connectivity index (χ4n) is 3.85. The number of sulfonamides is 1. The number of nitro benzene ring substituents is 1. The van der Waals surface area contributed by atoms with Gasteiger partial charge in [0.05, 0.1) is 31.3 Å². The van der Waals surface area contributed by atoms with E-state index in [0.717, 1.165) is 18.1 Å². The molecule has 0 bridgehead atoms. The Morgan fingerprint density at radius 2 is 1.87 bits per heavy atom. The summed E-state index contributed by atoms with van der Waals surface area (Å²) < 4.78 is 44.9. The summed E-state index contributed by atoms with van der Waals surface area (Å²) in [5, 5.41) is 11.2. The van der Waals surface area contributed by atoms with E-state index in [0.29, 0.717) is 44.1 Å². The zero-order valence-electron chi connectivity index (χ0n) is 16.4. The summed E-state index contributed by atoms with van der Waals surface area (Å²) >= 11 is 0. The van der Waals surface area contributed by atoms with E-state index in [2.05, 4.69) is 0 Å². The molecule has 4 rings (SSSR count). The predicted octanol–water partition coefficient (Wildman–Crippen LogP) is 3.29. The summed E-state index contributed by atoms with van der Waals surface area (Å²) in [7, 11) is -2.69. The van der Waals surface area contributed by atoms with Gasteiger partial charge in [0.1, 0.15) is 10.6 Å². The highest BCUT2D eigenvalue weighted by molar-refractivity contribution is 7.89. The SMILES string of the molecule is COc1ccc([N+](=O)[O-])cc1S(=O)(=O)N1CCCC1c1ccc2c(c1)OCCCO2. The van der Waals surface area contributed by atoms with Crippen molar-refractivity contribution in [3.8, 4) is 17.2 Å². The molecule has 0 spiro atoms. The molecule has 2 aliphatic rings. The summed E-state index contributed by atoms with van der Waals surface area (Å²) in [6, 6.07) is 8.65. The lowest BCUT2D eigenvalue weighted by Crippen LogP contribution is -2.31. The minimum Gasteiger partial charge on any atom is -0.495 e. The van der Waals surface area contributed by atoms with Crippen LogP contribution in [0.5, 0.6) is 17.2 Å². The van der Waals surface area contributed by atoms with Gasteiger partial charge in [-0.25, -0.2) is 8.42 Å². The second kappa shape index (κ2) is 8.11. The molecule has 30 heavy (non-hydrogen) atoms. The smallest absolute Gasteiger partial charge is 0.271 e. The van der Waals surface area contributed by atoms with Gasteiger partial charge in [0.15, 0.2) is 11.5 Å². The molecule has 1 fully saturated rings. The van der Waals surface area contributed by atoms with Gasteiger partial charge in [-0.15, -0.1) is 0 Å². The van der Waals surface area contributed by atoms with Crippen LogP contribution in [-0.2, 0) is 10.0 Å². The highest BCUT2D eigenvalue weighted by Crippen LogP contribution is 2.42. The maximum absolute atomic E-state index is 13.5. The number of nitro groups is 1. The fourth-order valence-corrected chi connectivity index (χ4v) is 5.71. The summed E-state index contributed by atoms with van der Waals surface area (Å²) in [4.78, 5) is 10.4. The molecule has 1 atom stereocenters. The fraction of sp³-hybridized carbons (Fsp3) is 0.400. The number of ether oxygens (including phenoxy) is 3. The van der Waals surface area contributed by atoms with E-state index in [1.54, 1.807) is 6.07 Å². The van der Waals surface area contributed by atoms with Gasteiger partial charge in [0.25, 0.3) is 5.69 Å². The monoisotopic (exact) mass is 434 g/mol. The van der Waals surface area contributed by atoms with Crippen LogP contribution in [0.2, 0.25) is 0 Å². The minimum atomic E-state index is -4.03. The Bertz CT molecular complexity index is 1070. The van der Waals surface area contributed by atoms with E-state index < -0.39 is 21.0 Å². The van der Waals surface area contributed by atoms with Crippen LogP contribution >= 0.6 is 0 Å². The molecule has 2 aliphatic heterocycles. The summed E-state index contributed by atoms with van der Waals surface area (Å²) in [5.74, 6) is 1.32. The number of non-ortho nitro benzene ring substituents is 1. The number of hydrogen-bond acceptors (Lipinski definition) is 7. The van der Waals surface area contributed by atoms with Crippen LogP contribution in [0.15, 0.2) is 41.3 Å². The van der Waals surface area contributed by atoms with Gasteiger partial charge >= 0.3 is 0 Å². The number of benzene rings is 2. The van der Waals surface area contributed by atoms with E-state index >= 15 is 0 Å². The van der Waals surface area contributed by atoms with Crippen molar-refractivity contribution in [2.24, 2.45) is 0 Å². The van der Waals surface area contributed by atoms with Gasteiger partial charge in [-0.3, -0.25) is 10.1 Å². The second-order valence-electron chi connectivity index (χ2n) is 7.12. The number of nitrogens with zero attached hydrogens (tertiary/aromatic N) is 2. The number of fused-ring (bicyclic) bond motifs is 1. The van der Waals surface area contributed by atoms with E-state index in [4.69, 9.17) is 14.2 Å². The summed E-state index contributed by atoms with van der Waals surface area (Å²) in [6.45, 7) is 1.42. The molecular weight excluding hydrogens is 412 g/mol. The average molecular weight is 434 g/mol. The molecule has 2 aromatic carbocycles. The lowest BCUT2D eigenvalue weighted by atomic mass is 10.0. The number of hydrogen-bond donors (Lipinski definition) is 0. The molecule has 0 saturated carbocycles. The Morgan fingerprint density at radius 3 is 2.60 bits per heavy atom. The predicted molar refractivity (Wildman–Crippen MR) is 108 cm³/mol. The van der Waals surface area contributed by atoms with Crippen LogP contribution < -0.4 is 14.2 Å². The Hall–Kier alpha value is -2.85. The van der Waals surface area contributed by atoms with E-state index in [-0.39, 0.29) is 16.3 Å². The largest absolute Gasteiger partial charge is 0.495 e. The number of rotatable bonds is 5. The molecule has 0 radical (unpaired) electrons. The summed E-state index contributed by atoms with van der Waals surface area (Å²) in [5.41, 5.74) is 0.491. The van der Waals surface area contributed by atoms with E-state index in [1.807, 2.05) is 12.1 Å². The van der Waals surface area contributed by atoms with Crippen molar-refractivity contribution in [2.45, 2.75) is 30.2 Å². The van der Waals surface area contributed by atoms with Crippen molar-refractivity contribution in [2.75, 3.05) is 26.9 Å². The van der Waals surface area contributed by atoms with Gasteiger partial charge in [-0.1, -0.05) is 6.07 Å². The highest BCUT2D eigenvalue weighted by atomic mass is 32.2. The molecule has 2 heterocycles. The zero-order valence-corrected chi connectivity index (χ0v) is 17.3. The Balaban J connectivity index is 1.72. The molecule has 160 valence electrons. The van der Waals surface area contributed by atoms with Gasteiger partial charge in [-0.05, 0) is 36.6 Å². The molecule has 0 aromatic heterocycles. The molecule has 9 nitrogen and oxygen atoms in total. The lowest BCUT2D eigenvalue weighted by Gasteiger charge is -2.25. The first kappa shape index (κ1) is 20.4. The Morgan fingerprint density at radius 1 is 1.10 bits per heavy atom. The first-order valence-electron chi connectivity index (χ1n) is 9.65. The number of methoxy groups -OCH3 is 1. The van der Waals surface area contributed by atoms with Gasteiger partial charge < -0.3 is 14.2 Å². The van der Waals surface area contributed by atoms with Crippen molar-refractivity contribution in [3.05, 3.63) is 52.1 Å². The highest BCUT2D eigenvalue weighted by Gasteiger charge is 2.38. The van der Waals surface area contributed by atoms with Crippen LogP contribution in [0.3, 0.4) is 0 Å². The topological polar surface area (TPSA) is 108 Å². The third-order valence-corrected chi connectivity index (χ3v) is 7.23. The summed E-state index contributed by atoms with van der Waals surface area (Å²) in [6.07, 6.45) is 2.09. The average Bonchev–Trinajstić information content (AvgIpc) is 3.13. The van der Waals surface area contributed by atoms with Crippen molar-refractivity contribution < 1.29 is 27.6 Å². The van der Waals surface area contributed by atoms with Crippen LogP contribution in [0, 0.1) is 10.1 Å². The molecule has 1 unspecified atom stereocenters. The van der Waals surface area contributed by atoms with Crippen molar-refractivity contribution in [3.63, 3.8) is 0 Å². The van der Waals surface area contributed by atoms with E-state index in [1.165, 1.54) is 23.5 Å². The van der Waals surface area contributed by atoms with Crippen LogP contribution in [0.25, 0.3) is 0 Å². The third kappa shape index (κ3) is 3.68. The Labute approximate surface area is 174 Å². The molecular formula is C20H22N2O7S. The second-order valence-corrected chi connectivity index (χ2v) is 8.98. The van der Waals surface area contributed by atoms with Gasteiger partial charge in [0, 0.05) is 25.1 Å². The maximum atomic E-state index is 13.5. The molecule has 0 N–H and O–H groups in total.